The number of esters is 2. The summed E-state index contributed by atoms with van der Waals surface area (Å²) in [4.78, 5) is 37.2. The first-order chi connectivity index (χ1) is 23.0. The molecule has 3 aromatic rings. The maximum Gasteiger partial charge on any atom is 0.337 e. The van der Waals surface area contributed by atoms with Crippen molar-refractivity contribution in [2.75, 3.05) is 82.4 Å². The fraction of sp³-hybridized carbons (Fsp3) is 0.562. The smallest absolute Gasteiger partial charge is 0.337 e. The highest BCUT2D eigenvalue weighted by Crippen LogP contribution is 2.23. The largest absolute Gasteiger partial charge is 0.469 e. The van der Waals surface area contributed by atoms with Crippen molar-refractivity contribution in [1.82, 2.24) is 29.9 Å². The number of likely N-dealkylation sites (tertiary alicyclic amines) is 1. The molecule has 0 bridgehead atoms. The number of carbonyl (C=O) groups excluding carboxylic acids is 2. The van der Waals surface area contributed by atoms with Crippen molar-refractivity contribution in [2.45, 2.75) is 51.4 Å². The average Bonchev–Trinajstić information content (AvgIpc) is 3.57. The van der Waals surface area contributed by atoms with Crippen LogP contribution in [-0.2, 0) is 43.4 Å². The number of carbonyl (C=O) groups is 2. The van der Waals surface area contributed by atoms with Crippen LogP contribution >= 0.6 is 0 Å². The number of rotatable bonds is 16. The molecule has 2 aliphatic heterocycles. The van der Waals surface area contributed by atoms with Crippen LogP contribution in [0, 0.1) is 0 Å². The lowest BCUT2D eigenvalue weighted by Crippen LogP contribution is -2.39. The maximum atomic E-state index is 11.7. The number of morpholine rings is 1. The summed E-state index contributed by atoms with van der Waals surface area (Å²) >= 11 is 0. The van der Waals surface area contributed by atoms with Crippen molar-refractivity contribution in [1.29, 1.82) is 0 Å². The highest BCUT2D eigenvalue weighted by molar-refractivity contribution is 5.89. The van der Waals surface area contributed by atoms with Crippen LogP contribution in [0.2, 0.25) is 0 Å². The van der Waals surface area contributed by atoms with Crippen LogP contribution in [-0.4, -0.2) is 115 Å². The second kappa shape index (κ2) is 17.5. The van der Waals surface area contributed by atoms with Gasteiger partial charge in [-0.15, -0.1) is 5.10 Å². The Balaban J connectivity index is 1.12. The lowest BCUT2D eigenvalue weighted by molar-refractivity contribution is -0.141. The summed E-state index contributed by atoms with van der Waals surface area (Å²) in [5.74, 6) is 1.58. The van der Waals surface area contributed by atoms with E-state index >= 15 is 0 Å². The number of hydrogen-bond donors (Lipinski definition) is 2. The van der Waals surface area contributed by atoms with Gasteiger partial charge in [-0.05, 0) is 37.0 Å². The topological polar surface area (TPSA) is 158 Å². The number of anilines is 3. The van der Waals surface area contributed by atoms with Crippen LogP contribution in [0.15, 0.2) is 36.5 Å². The van der Waals surface area contributed by atoms with Gasteiger partial charge in [-0.25, -0.2) is 4.79 Å². The van der Waals surface area contributed by atoms with Gasteiger partial charge in [-0.1, -0.05) is 17.3 Å². The Morgan fingerprint density at radius 1 is 1.00 bits per heavy atom. The normalized spacial score (nSPS) is 15.7. The molecule has 0 amide bonds. The number of ether oxygens (including phenoxy) is 4. The number of hydrogen-bond acceptors (Lipinski definition) is 14. The van der Waals surface area contributed by atoms with Crippen molar-refractivity contribution in [2.24, 2.45) is 0 Å². The second-order valence-electron chi connectivity index (χ2n) is 11.5. The van der Waals surface area contributed by atoms with Gasteiger partial charge in [0.25, 0.3) is 0 Å². The summed E-state index contributed by atoms with van der Waals surface area (Å²) < 4.78 is 22.2. The zero-order valence-corrected chi connectivity index (χ0v) is 27.2. The second-order valence-corrected chi connectivity index (χ2v) is 11.5. The molecule has 0 unspecified atom stereocenters. The van der Waals surface area contributed by atoms with Gasteiger partial charge in [0.05, 0.1) is 58.8 Å². The van der Waals surface area contributed by atoms with E-state index in [0.717, 1.165) is 69.3 Å². The van der Waals surface area contributed by atoms with E-state index in [-0.39, 0.29) is 24.4 Å². The molecule has 2 fully saturated rings. The molecule has 47 heavy (non-hydrogen) atoms. The molecule has 0 saturated carbocycles. The number of piperidine rings is 1. The zero-order chi connectivity index (χ0) is 32.8. The van der Waals surface area contributed by atoms with E-state index in [1.54, 1.807) is 4.68 Å². The molecule has 2 saturated heterocycles. The molecule has 4 heterocycles. The van der Waals surface area contributed by atoms with E-state index in [9.17, 15) is 9.59 Å². The Kier molecular flexibility index (Phi) is 12.7. The van der Waals surface area contributed by atoms with Gasteiger partial charge in [0, 0.05) is 58.0 Å². The third kappa shape index (κ3) is 10.6. The van der Waals surface area contributed by atoms with E-state index in [2.05, 4.69) is 35.5 Å². The Labute approximate surface area is 274 Å². The minimum atomic E-state index is -0.319. The minimum Gasteiger partial charge on any atom is -0.469 e. The standard InChI is InChI=1S/C32H45N9O6/c1-44-30(42)10-17-46-16-3-11-41-23-27(37-38-41)21-33-32-35-28(20-29(36-32)40-14-18-47-19-15-40)34-26-8-12-39(13-9-26)22-24-4-6-25(7-5-24)31(43)45-2/h4-7,20,23,26H,3,8-19,21-22H2,1-2H3,(H2,33,34,35,36). The van der Waals surface area contributed by atoms with Crippen LogP contribution in [0.25, 0.3) is 0 Å². The third-order valence-corrected chi connectivity index (χ3v) is 8.14. The Bertz CT molecular complexity index is 1420. The van der Waals surface area contributed by atoms with Gasteiger partial charge in [-0.3, -0.25) is 14.4 Å². The summed E-state index contributed by atoms with van der Waals surface area (Å²) in [6, 6.07) is 9.94. The first-order valence-corrected chi connectivity index (χ1v) is 16.1. The first-order valence-electron chi connectivity index (χ1n) is 16.1. The molecule has 2 N–H and O–H groups in total. The quantitative estimate of drug-likeness (QED) is 0.172. The molecule has 0 radical (unpaired) electrons. The summed E-state index contributed by atoms with van der Waals surface area (Å²) in [6.07, 6.45) is 4.87. The van der Waals surface area contributed by atoms with Gasteiger partial charge in [0.15, 0.2) is 0 Å². The lowest BCUT2D eigenvalue weighted by atomic mass is 10.0. The Morgan fingerprint density at radius 3 is 2.53 bits per heavy atom. The molecule has 5 rings (SSSR count). The number of nitrogens with zero attached hydrogens (tertiary/aromatic N) is 7. The van der Waals surface area contributed by atoms with E-state index in [4.69, 9.17) is 24.2 Å². The average molecular weight is 652 g/mol. The highest BCUT2D eigenvalue weighted by Gasteiger charge is 2.22. The van der Waals surface area contributed by atoms with Crippen molar-refractivity contribution >= 4 is 29.5 Å². The monoisotopic (exact) mass is 651 g/mol. The number of aryl methyl sites for hydroxylation is 1. The summed E-state index contributed by atoms with van der Waals surface area (Å²) in [5.41, 5.74) is 2.51. The maximum absolute atomic E-state index is 11.7. The molecule has 0 atom stereocenters. The summed E-state index contributed by atoms with van der Waals surface area (Å²) in [5, 5.41) is 15.5. The zero-order valence-electron chi connectivity index (χ0n) is 27.2. The fourth-order valence-electron chi connectivity index (χ4n) is 5.50. The van der Waals surface area contributed by atoms with Crippen LogP contribution in [0.4, 0.5) is 17.6 Å². The van der Waals surface area contributed by atoms with E-state index in [1.165, 1.54) is 19.8 Å². The molecule has 0 aliphatic carbocycles. The molecule has 2 aliphatic rings. The molecular formula is C32H45N9O6. The minimum absolute atomic E-state index is 0.248. The molecule has 254 valence electrons. The van der Waals surface area contributed by atoms with E-state index in [0.29, 0.717) is 51.0 Å². The van der Waals surface area contributed by atoms with Gasteiger partial charge in [0.2, 0.25) is 5.95 Å². The lowest BCUT2D eigenvalue weighted by Gasteiger charge is -2.33. The fourth-order valence-corrected chi connectivity index (χ4v) is 5.50. The van der Waals surface area contributed by atoms with Gasteiger partial charge >= 0.3 is 11.9 Å². The van der Waals surface area contributed by atoms with Crippen LogP contribution < -0.4 is 15.5 Å². The summed E-state index contributed by atoms with van der Waals surface area (Å²) in [6.45, 7) is 7.58. The van der Waals surface area contributed by atoms with Crippen LogP contribution in [0.5, 0.6) is 0 Å². The van der Waals surface area contributed by atoms with Gasteiger partial charge in [-0.2, -0.15) is 9.97 Å². The Morgan fingerprint density at radius 2 is 1.79 bits per heavy atom. The van der Waals surface area contributed by atoms with E-state index < -0.39 is 0 Å². The highest BCUT2D eigenvalue weighted by atomic mass is 16.5. The molecule has 1 aromatic carbocycles. The van der Waals surface area contributed by atoms with Crippen molar-refractivity contribution in [3.8, 4) is 0 Å². The predicted octanol–water partition coefficient (Wildman–Crippen LogP) is 2.35. The van der Waals surface area contributed by atoms with Crippen molar-refractivity contribution < 1.29 is 28.5 Å². The molecule has 15 heteroatoms. The predicted molar refractivity (Wildman–Crippen MR) is 174 cm³/mol. The molecular weight excluding hydrogens is 606 g/mol. The molecule has 0 spiro atoms. The number of aromatic nitrogens is 5. The van der Waals surface area contributed by atoms with Gasteiger partial charge in [0.1, 0.15) is 17.3 Å². The number of nitrogens with one attached hydrogen (secondary N) is 2. The first kappa shape index (κ1) is 34.0. The van der Waals surface area contributed by atoms with Crippen molar-refractivity contribution in [3.05, 3.63) is 53.3 Å². The molecule has 2 aromatic heterocycles. The summed E-state index contributed by atoms with van der Waals surface area (Å²) in [7, 11) is 2.76. The third-order valence-electron chi connectivity index (χ3n) is 8.14. The number of methoxy groups -OCH3 is 2. The molecule has 15 nitrogen and oxygen atoms in total. The van der Waals surface area contributed by atoms with E-state index in [1.807, 2.05) is 36.5 Å². The van der Waals surface area contributed by atoms with Gasteiger partial charge < -0.3 is 34.5 Å². The SMILES string of the molecule is COC(=O)CCOCCCn1cc(CNc2nc(NC3CCN(Cc4ccc(C(=O)OC)cc4)CC3)cc(N3CCOCC3)n2)nn1. The van der Waals surface area contributed by atoms with Crippen molar-refractivity contribution in [3.63, 3.8) is 0 Å². The van der Waals surface area contributed by atoms with Crippen LogP contribution in [0.1, 0.15) is 47.3 Å². The number of benzene rings is 1. The Hall–Kier alpha value is -4.34. The van der Waals surface area contributed by atoms with Crippen LogP contribution in [0.3, 0.4) is 0 Å².